The van der Waals surface area contributed by atoms with Crippen LogP contribution in [0.5, 0.6) is 0 Å². The van der Waals surface area contributed by atoms with Crippen LogP contribution in [0.1, 0.15) is 40.0 Å². The normalized spacial score (nSPS) is 17.3. The molecular formula is C20H39NO8. The molecular weight excluding hydrogens is 382 g/mol. The number of amides is 1. The summed E-state index contributed by atoms with van der Waals surface area (Å²) in [5, 5.41) is 2.63. The van der Waals surface area contributed by atoms with Gasteiger partial charge in [0.15, 0.2) is 6.29 Å². The third-order valence-electron chi connectivity index (χ3n) is 3.70. The van der Waals surface area contributed by atoms with Crippen LogP contribution in [-0.2, 0) is 33.2 Å². The Balaban J connectivity index is 1.71. The van der Waals surface area contributed by atoms with E-state index in [9.17, 15) is 4.79 Å². The van der Waals surface area contributed by atoms with Gasteiger partial charge in [-0.1, -0.05) is 0 Å². The molecule has 0 aliphatic carbocycles. The molecule has 1 unspecified atom stereocenters. The van der Waals surface area contributed by atoms with E-state index in [0.29, 0.717) is 66.0 Å². The Kier molecular flexibility index (Phi) is 15.1. The van der Waals surface area contributed by atoms with Gasteiger partial charge in [0.25, 0.3) is 0 Å². The summed E-state index contributed by atoms with van der Waals surface area (Å²) in [5.74, 6) is 0. The summed E-state index contributed by atoms with van der Waals surface area (Å²) in [5.41, 5.74) is -0.495. The Morgan fingerprint density at radius 3 is 1.93 bits per heavy atom. The molecule has 1 fully saturated rings. The first-order valence-corrected chi connectivity index (χ1v) is 10.5. The Hall–Kier alpha value is -0.970. The smallest absolute Gasteiger partial charge is 0.407 e. The first-order chi connectivity index (χ1) is 14.0. The summed E-state index contributed by atoms with van der Waals surface area (Å²) < 4.78 is 37.8. The lowest BCUT2D eigenvalue weighted by atomic mass is 10.2. The van der Waals surface area contributed by atoms with Crippen molar-refractivity contribution in [3.63, 3.8) is 0 Å². The van der Waals surface area contributed by atoms with Crippen molar-refractivity contribution in [1.29, 1.82) is 0 Å². The summed E-state index contributed by atoms with van der Waals surface area (Å²) in [6, 6.07) is 0. The average molecular weight is 422 g/mol. The van der Waals surface area contributed by atoms with Crippen LogP contribution in [0.15, 0.2) is 0 Å². The maximum atomic E-state index is 11.4. The van der Waals surface area contributed by atoms with Crippen molar-refractivity contribution in [3.8, 4) is 0 Å². The van der Waals surface area contributed by atoms with Gasteiger partial charge in [0.1, 0.15) is 5.60 Å². The highest BCUT2D eigenvalue weighted by Crippen LogP contribution is 2.13. The lowest BCUT2D eigenvalue weighted by molar-refractivity contribution is -0.169. The lowest BCUT2D eigenvalue weighted by Crippen LogP contribution is -2.34. The van der Waals surface area contributed by atoms with E-state index < -0.39 is 11.7 Å². The van der Waals surface area contributed by atoms with Gasteiger partial charge in [0.2, 0.25) is 0 Å². The highest BCUT2D eigenvalue weighted by Gasteiger charge is 2.15. The molecule has 1 aliphatic heterocycles. The number of nitrogens with one attached hydrogen (secondary N) is 1. The zero-order chi connectivity index (χ0) is 21.2. The monoisotopic (exact) mass is 421 g/mol. The lowest BCUT2D eigenvalue weighted by Gasteiger charge is -2.22. The molecule has 1 aliphatic rings. The quantitative estimate of drug-likeness (QED) is 0.379. The first kappa shape index (κ1) is 26.1. The first-order valence-electron chi connectivity index (χ1n) is 10.5. The van der Waals surface area contributed by atoms with Crippen molar-refractivity contribution in [2.75, 3.05) is 72.6 Å². The zero-order valence-electron chi connectivity index (χ0n) is 18.2. The average Bonchev–Trinajstić information content (AvgIpc) is 2.67. The molecule has 0 aromatic rings. The van der Waals surface area contributed by atoms with E-state index in [2.05, 4.69) is 5.32 Å². The largest absolute Gasteiger partial charge is 0.444 e. The number of ether oxygens (including phenoxy) is 7. The highest BCUT2D eigenvalue weighted by atomic mass is 16.7. The number of rotatable bonds is 16. The molecule has 0 aromatic carbocycles. The van der Waals surface area contributed by atoms with Crippen LogP contribution < -0.4 is 5.32 Å². The predicted molar refractivity (Wildman–Crippen MR) is 107 cm³/mol. The SMILES string of the molecule is CC(C)(C)OC(=O)NCCOCCOCCOCCOCCOC1CCCCO1. The molecule has 0 spiro atoms. The topological polar surface area (TPSA) is 93.7 Å². The standard InChI is InChI=1S/C20H39NO8/c1-20(2,3)29-19(22)21-7-9-23-10-11-24-12-13-25-14-15-26-16-17-28-18-6-4-5-8-27-18/h18H,4-17H2,1-3H3,(H,21,22). The van der Waals surface area contributed by atoms with Gasteiger partial charge in [0, 0.05) is 13.2 Å². The van der Waals surface area contributed by atoms with E-state index in [1.165, 1.54) is 6.42 Å². The van der Waals surface area contributed by atoms with Crippen LogP contribution in [0.3, 0.4) is 0 Å². The molecule has 0 radical (unpaired) electrons. The number of carbonyl (C=O) groups is 1. The van der Waals surface area contributed by atoms with E-state index in [0.717, 1.165) is 19.4 Å². The van der Waals surface area contributed by atoms with Crippen molar-refractivity contribution in [3.05, 3.63) is 0 Å². The van der Waals surface area contributed by atoms with Crippen LogP contribution >= 0.6 is 0 Å². The summed E-state index contributed by atoms with van der Waals surface area (Å²) in [6.45, 7) is 11.2. The van der Waals surface area contributed by atoms with E-state index in [1.807, 2.05) is 20.8 Å². The molecule has 0 saturated carbocycles. The van der Waals surface area contributed by atoms with Crippen molar-refractivity contribution < 1.29 is 38.0 Å². The Morgan fingerprint density at radius 2 is 1.41 bits per heavy atom. The molecule has 9 nitrogen and oxygen atoms in total. The van der Waals surface area contributed by atoms with Crippen LogP contribution in [0.4, 0.5) is 4.79 Å². The van der Waals surface area contributed by atoms with Gasteiger partial charge in [-0.25, -0.2) is 4.79 Å². The third-order valence-corrected chi connectivity index (χ3v) is 3.70. The summed E-state index contributed by atoms with van der Waals surface area (Å²) >= 11 is 0. The van der Waals surface area contributed by atoms with Gasteiger partial charge >= 0.3 is 6.09 Å². The predicted octanol–water partition coefficient (Wildman–Crippen LogP) is 2.12. The van der Waals surface area contributed by atoms with E-state index in [-0.39, 0.29) is 6.29 Å². The van der Waals surface area contributed by atoms with Crippen LogP contribution in [0.25, 0.3) is 0 Å². The van der Waals surface area contributed by atoms with Crippen LogP contribution in [-0.4, -0.2) is 90.6 Å². The van der Waals surface area contributed by atoms with Crippen molar-refractivity contribution in [2.45, 2.75) is 51.9 Å². The third kappa shape index (κ3) is 17.6. The molecule has 0 aromatic heterocycles. The molecule has 0 bridgehead atoms. The molecule has 1 rings (SSSR count). The van der Waals surface area contributed by atoms with Crippen LogP contribution in [0, 0.1) is 0 Å². The molecule has 9 heteroatoms. The Morgan fingerprint density at radius 1 is 0.862 bits per heavy atom. The van der Waals surface area contributed by atoms with Gasteiger partial charge < -0.3 is 38.5 Å². The number of hydrogen-bond donors (Lipinski definition) is 1. The molecule has 1 amide bonds. The number of hydrogen-bond acceptors (Lipinski definition) is 8. The summed E-state index contributed by atoms with van der Waals surface area (Å²) in [4.78, 5) is 11.4. The maximum absolute atomic E-state index is 11.4. The minimum absolute atomic E-state index is 0.0639. The van der Waals surface area contributed by atoms with E-state index >= 15 is 0 Å². The molecule has 172 valence electrons. The fourth-order valence-electron chi connectivity index (χ4n) is 2.38. The summed E-state index contributed by atoms with van der Waals surface area (Å²) in [7, 11) is 0. The summed E-state index contributed by atoms with van der Waals surface area (Å²) in [6.07, 6.45) is 2.75. The van der Waals surface area contributed by atoms with Gasteiger partial charge in [-0.15, -0.1) is 0 Å². The van der Waals surface area contributed by atoms with Crippen molar-refractivity contribution in [1.82, 2.24) is 5.32 Å². The molecule has 29 heavy (non-hydrogen) atoms. The van der Waals surface area contributed by atoms with E-state index in [1.54, 1.807) is 0 Å². The number of alkyl carbamates (subject to hydrolysis) is 1. The molecule has 1 saturated heterocycles. The molecule has 1 N–H and O–H groups in total. The zero-order valence-corrected chi connectivity index (χ0v) is 18.2. The van der Waals surface area contributed by atoms with Crippen molar-refractivity contribution in [2.24, 2.45) is 0 Å². The highest BCUT2D eigenvalue weighted by molar-refractivity contribution is 5.67. The second-order valence-electron chi connectivity index (χ2n) is 7.55. The number of carbonyl (C=O) groups excluding carboxylic acids is 1. The minimum Gasteiger partial charge on any atom is -0.444 e. The Labute approximate surface area is 174 Å². The second-order valence-corrected chi connectivity index (χ2v) is 7.55. The van der Waals surface area contributed by atoms with Crippen molar-refractivity contribution >= 4 is 6.09 Å². The maximum Gasteiger partial charge on any atom is 0.407 e. The van der Waals surface area contributed by atoms with Gasteiger partial charge in [-0.2, -0.15) is 0 Å². The fourth-order valence-corrected chi connectivity index (χ4v) is 2.38. The molecule has 1 heterocycles. The van der Waals surface area contributed by atoms with Crippen LogP contribution in [0.2, 0.25) is 0 Å². The van der Waals surface area contributed by atoms with Gasteiger partial charge in [-0.05, 0) is 40.0 Å². The van der Waals surface area contributed by atoms with E-state index in [4.69, 9.17) is 33.2 Å². The van der Waals surface area contributed by atoms with Gasteiger partial charge in [-0.3, -0.25) is 0 Å². The minimum atomic E-state index is -0.495. The van der Waals surface area contributed by atoms with Gasteiger partial charge in [0.05, 0.1) is 59.5 Å². The molecule has 1 atom stereocenters. The fraction of sp³-hybridized carbons (Fsp3) is 0.950. The Bertz CT molecular complexity index is 396. The second kappa shape index (κ2) is 16.8.